The molecule has 1 aliphatic rings. The number of rotatable bonds is 4. The van der Waals surface area contributed by atoms with Gasteiger partial charge in [-0.15, -0.1) is 0 Å². The minimum atomic E-state index is -0.474. The molecule has 1 amide bonds. The summed E-state index contributed by atoms with van der Waals surface area (Å²) in [6, 6.07) is 8.54. The monoisotopic (exact) mass is 353 g/mol. The van der Waals surface area contributed by atoms with Gasteiger partial charge in [0.25, 0.3) is 0 Å². The molecule has 0 saturated heterocycles. The molecule has 1 aromatic rings. The van der Waals surface area contributed by atoms with E-state index in [-0.39, 0.29) is 17.4 Å². The van der Waals surface area contributed by atoms with Crippen molar-refractivity contribution < 1.29 is 9.53 Å². The van der Waals surface area contributed by atoms with Gasteiger partial charge in [0, 0.05) is 12.0 Å². The van der Waals surface area contributed by atoms with Crippen molar-refractivity contribution in [2.75, 3.05) is 6.54 Å². The zero-order chi connectivity index (χ0) is 19.4. The van der Waals surface area contributed by atoms with E-state index >= 15 is 0 Å². The topological polar surface area (TPSA) is 38.3 Å². The van der Waals surface area contributed by atoms with E-state index in [9.17, 15) is 4.79 Å². The van der Waals surface area contributed by atoms with E-state index in [0.29, 0.717) is 6.54 Å². The second kappa shape index (κ2) is 7.94. The van der Waals surface area contributed by atoms with E-state index in [1.165, 1.54) is 16.7 Å². The van der Waals surface area contributed by atoms with Crippen LogP contribution in [0.4, 0.5) is 4.79 Å². The van der Waals surface area contributed by atoms with Crippen LogP contribution >= 0.6 is 0 Å². The lowest BCUT2D eigenvalue weighted by Gasteiger charge is -2.21. The van der Waals surface area contributed by atoms with Gasteiger partial charge in [0.05, 0.1) is 0 Å². The van der Waals surface area contributed by atoms with Crippen LogP contribution in [-0.4, -0.2) is 18.2 Å². The molecule has 140 valence electrons. The molecule has 1 unspecified atom stereocenters. The Hall–Kier alpha value is -2.29. The van der Waals surface area contributed by atoms with Gasteiger partial charge in [0.2, 0.25) is 0 Å². The maximum Gasteiger partial charge on any atom is 0.407 e. The van der Waals surface area contributed by atoms with Crippen molar-refractivity contribution in [3.8, 4) is 0 Å². The standard InChI is InChI=1S/C23H31NO2/c1-17(16-24-21(25)26-22(2,3)4)18-9-11-20(12-10-18)19-8-7-14-23(5,6)15-13-19/h7-15,17H,16H2,1-6H3,(H,24,25). The Kier molecular flexibility index (Phi) is 6.12. The molecule has 0 spiro atoms. The van der Waals surface area contributed by atoms with Gasteiger partial charge in [-0.05, 0) is 43.4 Å². The fraction of sp³-hybridized carbons (Fsp3) is 0.435. The number of benzene rings is 1. The Labute approximate surface area is 157 Å². The van der Waals surface area contributed by atoms with Gasteiger partial charge in [-0.2, -0.15) is 0 Å². The lowest BCUT2D eigenvalue weighted by Crippen LogP contribution is -2.34. The summed E-state index contributed by atoms with van der Waals surface area (Å²) in [5.41, 5.74) is 3.20. The fourth-order valence-corrected chi connectivity index (χ4v) is 2.68. The summed E-state index contributed by atoms with van der Waals surface area (Å²) in [5.74, 6) is 0.217. The summed E-state index contributed by atoms with van der Waals surface area (Å²) >= 11 is 0. The first-order valence-electron chi connectivity index (χ1n) is 9.22. The molecule has 2 rings (SSSR count). The van der Waals surface area contributed by atoms with Crippen LogP contribution < -0.4 is 5.32 Å². The van der Waals surface area contributed by atoms with Gasteiger partial charge in [-0.1, -0.05) is 75.4 Å². The highest BCUT2D eigenvalue weighted by Gasteiger charge is 2.17. The highest BCUT2D eigenvalue weighted by atomic mass is 16.6. The highest BCUT2D eigenvalue weighted by molar-refractivity contribution is 5.76. The van der Waals surface area contributed by atoms with Gasteiger partial charge in [0.15, 0.2) is 0 Å². The van der Waals surface area contributed by atoms with Gasteiger partial charge >= 0.3 is 6.09 Å². The molecule has 26 heavy (non-hydrogen) atoms. The van der Waals surface area contributed by atoms with Crippen LogP contribution in [0.25, 0.3) is 5.57 Å². The predicted octanol–water partition coefficient (Wildman–Crippen LogP) is 5.85. The molecule has 1 aromatic carbocycles. The van der Waals surface area contributed by atoms with Crippen LogP contribution in [0.1, 0.15) is 58.6 Å². The number of hydrogen-bond donors (Lipinski definition) is 1. The first-order chi connectivity index (χ1) is 12.1. The molecule has 0 aliphatic heterocycles. The van der Waals surface area contributed by atoms with Gasteiger partial charge in [-0.3, -0.25) is 0 Å². The van der Waals surface area contributed by atoms with E-state index in [2.05, 4.69) is 80.7 Å². The maximum atomic E-state index is 11.8. The summed E-state index contributed by atoms with van der Waals surface area (Å²) in [7, 11) is 0. The van der Waals surface area contributed by atoms with Gasteiger partial charge in [0.1, 0.15) is 5.60 Å². The van der Waals surface area contributed by atoms with Crippen LogP contribution in [0.15, 0.2) is 54.6 Å². The highest BCUT2D eigenvalue weighted by Crippen LogP contribution is 2.27. The molecular formula is C23H31NO2. The molecule has 1 N–H and O–H groups in total. The maximum absolute atomic E-state index is 11.8. The zero-order valence-corrected chi connectivity index (χ0v) is 16.8. The summed E-state index contributed by atoms with van der Waals surface area (Å²) in [6.07, 6.45) is 10.5. The van der Waals surface area contributed by atoms with Crippen molar-refractivity contribution in [3.63, 3.8) is 0 Å². The van der Waals surface area contributed by atoms with Gasteiger partial charge in [-0.25, -0.2) is 4.79 Å². The summed E-state index contributed by atoms with van der Waals surface area (Å²) in [5, 5.41) is 2.84. The van der Waals surface area contributed by atoms with E-state index in [0.717, 1.165) is 0 Å². The molecule has 3 heteroatoms. The SMILES string of the molecule is CC(CNC(=O)OC(C)(C)C)c1ccc(C2=CC=CC(C)(C)C=C2)cc1. The van der Waals surface area contributed by atoms with Crippen LogP contribution in [0.5, 0.6) is 0 Å². The average Bonchev–Trinajstić information content (AvgIpc) is 2.72. The van der Waals surface area contributed by atoms with E-state index in [4.69, 9.17) is 4.74 Å². The molecule has 1 aliphatic carbocycles. The number of hydrogen-bond acceptors (Lipinski definition) is 2. The number of ether oxygens (including phenoxy) is 1. The third-order valence-electron chi connectivity index (χ3n) is 4.26. The predicted molar refractivity (Wildman–Crippen MR) is 109 cm³/mol. The first-order valence-corrected chi connectivity index (χ1v) is 9.22. The second-order valence-corrected chi connectivity index (χ2v) is 8.54. The van der Waals surface area contributed by atoms with Crippen molar-refractivity contribution >= 4 is 11.7 Å². The normalized spacial score (nSPS) is 17.2. The molecule has 0 fully saturated rings. The lowest BCUT2D eigenvalue weighted by molar-refractivity contribution is 0.0525. The van der Waals surface area contributed by atoms with E-state index < -0.39 is 5.60 Å². The Morgan fingerprint density at radius 3 is 2.42 bits per heavy atom. The molecule has 1 atom stereocenters. The summed E-state index contributed by atoms with van der Waals surface area (Å²) < 4.78 is 5.28. The van der Waals surface area contributed by atoms with Crippen LogP contribution in [-0.2, 0) is 4.74 Å². The van der Waals surface area contributed by atoms with Gasteiger partial charge < -0.3 is 10.1 Å². The third-order valence-corrected chi connectivity index (χ3v) is 4.26. The first kappa shape index (κ1) is 20.0. The number of carbonyl (C=O) groups excluding carboxylic acids is 1. The van der Waals surface area contributed by atoms with Crippen molar-refractivity contribution in [3.05, 3.63) is 65.8 Å². The minimum Gasteiger partial charge on any atom is -0.444 e. The van der Waals surface area contributed by atoms with E-state index in [1.54, 1.807) is 0 Å². The Morgan fingerprint density at radius 2 is 1.81 bits per heavy atom. The third kappa shape index (κ3) is 6.21. The average molecular weight is 354 g/mol. The summed E-state index contributed by atoms with van der Waals surface area (Å²) in [4.78, 5) is 11.8. The smallest absolute Gasteiger partial charge is 0.407 e. The Morgan fingerprint density at radius 1 is 1.15 bits per heavy atom. The van der Waals surface area contributed by atoms with E-state index in [1.807, 2.05) is 20.8 Å². The van der Waals surface area contributed by atoms with Crippen molar-refractivity contribution in [2.24, 2.45) is 5.41 Å². The van der Waals surface area contributed by atoms with Crippen molar-refractivity contribution in [2.45, 2.75) is 53.1 Å². The molecule has 0 aromatic heterocycles. The Bertz CT molecular complexity index is 716. The molecular weight excluding hydrogens is 322 g/mol. The van der Waals surface area contributed by atoms with Crippen molar-refractivity contribution in [1.29, 1.82) is 0 Å². The van der Waals surface area contributed by atoms with Crippen LogP contribution in [0, 0.1) is 5.41 Å². The second-order valence-electron chi connectivity index (χ2n) is 8.54. The van der Waals surface area contributed by atoms with Crippen molar-refractivity contribution in [1.82, 2.24) is 5.32 Å². The molecule has 0 saturated carbocycles. The lowest BCUT2D eigenvalue weighted by atomic mass is 9.92. The van der Waals surface area contributed by atoms with Crippen LogP contribution in [0.2, 0.25) is 0 Å². The number of amides is 1. The minimum absolute atomic E-state index is 0.0834. The number of carbonyl (C=O) groups is 1. The van der Waals surface area contributed by atoms with Crippen LogP contribution in [0.3, 0.4) is 0 Å². The fourth-order valence-electron chi connectivity index (χ4n) is 2.68. The summed E-state index contributed by atoms with van der Waals surface area (Å²) in [6.45, 7) is 12.6. The molecule has 0 radical (unpaired) electrons. The quantitative estimate of drug-likeness (QED) is 0.737. The Balaban J connectivity index is 1.98. The number of allylic oxidation sites excluding steroid dienone is 6. The molecule has 0 bridgehead atoms. The molecule has 3 nitrogen and oxygen atoms in total. The number of alkyl carbamates (subject to hydrolysis) is 1. The molecule has 0 heterocycles. The largest absolute Gasteiger partial charge is 0.444 e. The number of nitrogens with one attached hydrogen (secondary N) is 1. The zero-order valence-electron chi connectivity index (χ0n) is 16.8.